The monoisotopic (exact) mass is 187 g/mol. The third-order valence-electron chi connectivity index (χ3n) is 1.86. The fraction of sp³-hybridized carbons (Fsp3) is 0.100. The predicted molar refractivity (Wildman–Crippen MR) is 51.4 cm³/mol. The molecule has 0 spiro atoms. The van der Waals surface area contributed by atoms with E-state index >= 15 is 0 Å². The Morgan fingerprint density at radius 1 is 1.43 bits per heavy atom. The molecule has 0 aliphatic rings. The molecule has 0 saturated heterocycles. The van der Waals surface area contributed by atoms with Crippen molar-refractivity contribution in [1.82, 2.24) is 14.5 Å². The van der Waals surface area contributed by atoms with Gasteiger partial charge in [-0.1, -0.05) is 6.07 Å². The second-order valence-corrected chi connectivity index (χ2v) is 2.91. The van der Waals surface area contributed by atoms with Crippen molar-refractivity contribution < 1.29 is 4.79 Å². The maximum atomic E-state index is 11.1. The molecule has 0 aliphatic carbocycles. The number of Topliss-reactive ketones (excluding diaryl/α,β-unsaturated/α-hetero) is 1. The Bertz CT molecular complexity index is 448. The van der Waals surface area contributed by atoms with Crippen LogP contribution in [0.15, 0.2) is 36.9 Å². The highest BCUT2D eigenvalue weighted by Crippen LogP contribution is 2.05. The van der Waals surface area contributed by atoms with Crippen LogP contribution in [0.4, 0.5) is 0 Å². The molecule has 70 valence electrons. The van der Waals surface area contributed by atoms with Gasteiger partial charge in [0.1, 0.15) is 17.8 Å². The second kappa shape index (κ2) is 3.41. The molecular formula is C10H9N3O. The number of rotatable bonds is 2. The van der Waals surface area contributed by atoms with Crippen molar-refractivity contribution in [2.45, 2.75) is 6.92 Å². The topological polar surface area (TPSA) is 47.8 Å². The van der Waals surface area contributed by atoms with E-state index in [2.05, 4.69) is 9.97 Å². The first kappa shape index (κ1) is 8.62. The van der Waals surface area contributed by atoms with Gasteiger partial charge in [0.15, 0.2) is 5.78 Å². The SMILES string of the molecule is CC(=O)c1cccc(-n2ccnc2)n1. The molecule has 4 nitrogen and oxygen atoms in total. The summed E-state index contributed by atoms with van der Waals surface area (Å²) in [4.78, 5) is 19.2. The van der Waals surface area contributed by atoms with Crippen molar-refractivity contribution in [2.75, 3.05) is 0 Å². The van der Waals surface area contributed by atoms with Gasteiger partial charge < -0.3 is 0 Å². The van der Waals surface area contributed by atoms with E-state index in [1.807, 2.05) is 6.07 Å². The maximum Gasteiger partial charge on any atom is 0.178 e. The Morgan fingerprint density at radius 3 is 2.93 bits per heavy atom. The van der Waals surface area contributed by atoms with Crippen LogP contribution in [0.3, 0.4) is 0 Å². The minimum atomic E-state index is -0.0352. The molecule has 0 fully saturated rings. The summed E-state index contributed by atoms with van der Waals surface area (Å²) in [5.74, 6) is 0.669. The highest BCUT2D eigenvalue weighted by atomic mass is 16.1. The highest BCUT2D eigenvalue weighted by Gasteiger charge is 2.02. The number of hydrogen-bond donors (Lipinski definition) is 0. The first-order chi connectivity index (χ1) is 6.77. The van der Waals surface area contributed by atoms with Crippen molar-refractivity contribution in [3.05, 3.63) is 42.6 Å². The van der Waals surface area contributed by atoms with Gasteiger partial charge in [0.25, 0.3) is 0 Å². The van der Waals surface area contributed by atoms with E-state index in [0.717, 1.165) is 0 Å². The standard InChI is InChI=1S/C10H9N3O/c1-8(14)9-3-2-4-10(12-9)13-6-5-11-7-13/h2-7H,1H3. The zero-order chi connectivity index (χ0) is 9.97. The van der Waals surface area contributed by atoms with E-state index in [0.29, 0.717) is 11.5 Å². The van der Waals surface area contributed by atoms with Gasteiger partial charge in [-0.05, 0) is 12.1 Å². The average molecular weight is 187 g/mol. The number of nitrogens with zero attached hydrogens (tertiary/aromatic N) is 3. The smallest absolute Gasteiger partial charge is 0.178 e. The molecule has 0 amide bonds. The normalized spacial score (nSPS) is 10.1. The largest absolute Gasteiger partial charge is 0.293 e. The first-order valence-corrected chi connectivity index (χ1v) is 4.24. The second-order valence-electron chi connectivity index (χ2n) is 2.91. The van der Waals surface area contributed by atoms with Crippen LogP contribution in [0.1, 0.15) is 17.4 Å². The highest BCUT2D eigenvalue weighted by molar-refractivity contribution is 5.92. The van der Waals surface area contributed by atoms with Crippen LogP contribution in [0.5, 0.6) is 0 Å². The summed E-state index contributed by atoms with van der Waals surface area (Å²) in [7, 11) is 0. The molecule has 0 unspecified atom stereocenters. The summed E-state index contributed by atoms with van der Waals surface area (Å²) in [6.07, 6.45) is 5.10. The molecule has 0 N–H and O–H groups in total. The molecule has 2 aromatic rings. The van der Waals surface area contributed by atoms with E-state index in [1.165, 1.54) is 6.92 Å². The van der Waals surface area contributed by atoms with Crippen LogP contribution < -0.4 is 0 Å². The lowest BCUT2D eigenvalue weighted by molar-refractivity contribution is 0.101. The van der Waals surface area contributed by atoms with Gasteiger partial charge in [0, 0.05) is 19.3 Å². The first-order valence-electron chi connectivity index (χ1n) is 4.24. The number of aromatic nitrogens is 3. The van der Waals surface area contributed by atoms with Crippen molar-refractivity contribution in [2.24, 2.45) is 0 Å². The maximum absolute atomic E-state index is 11.1. The van der Waals surface area contributed by atoms with Gasteiger partial charge in [-0.3, -0.25) is 9.36 Å². The third-order valence-corrected chi connectivity index (χ3v) is 1.86. The number of ketones is 1. The molecule has 0 aliphatic heterocycles. The molecule has 0 aromatic carbocycles. The zero-order valence-electron chi connectivity index (χ0n) is 7.71. The van der Waals surface area contributed by atoms with Gasteiger partial charge in [-0.25, -0.2) is 9.97 Å². The molecule has 0 bridgehead atoms. The van der Waals surface area contributed by atoms with Crippen LogP contribution in [0.25, 0.3) is 5.82 Å². The van der Waals surface area contributed by atoms with Crippen LogP contribution >= 0.6 is 0 Å². The molecular weight excluding hydrogens is 178 g/mol. The Balaban J connectivity index is 2.46. The van der Waals surface area contributed by atoms with Crippen molar-refractivity contribution in [1.29, 1.82) is 0 Å². The van der Waals surface area contributed by atoms with Crippen LogP contribution in [0, 0.1) is 0 Å². The van der Waals surface area contributed by atoms with Gasteiger partial charge in [0.05, 0.1) is 0 Å². The molecule has 0 saturated carbocycles. The zero-order valence-corrected chi connectivity index (χ0v) is 7.71. The summed E-state index contributed by atoms with van der Waals surface area (Å²) in [5.41, 5.74) is 0.469. The van der Waals surface area contributed by atoms with Crippen LogP contribution in [0.2, 0.25) is 0 Å². The minimum absolute atomic E-state index is 0.0352. The van der Waals surface area contributed by atoms with Crippen molar-refractivity contribution in [3.8, 4) is 5.82 Å². The molecule has 4 heteroatoms. The van der Waals surface area contributed by atoms with Gasteiger partial charge in [-0.15, -0.1) is 0 Å². The van der Waals surface area contributed by atoms with E-state index in [1.54, 1.807) is 35.4 Å². The molecule has 2 rings (SSSR count). The fourth-order valence-electron chi connectivity index (χ4n) is 1.16. The number of hydrogen-bond acceptors (Lipinski definition) is 3. The fourth-order valence-corrected chi connectivity index (χ4v) is 1.16. The summed E-state index contributed by atoms with van der Waals surface area (Å²) >= 11 is 0. The lowest BCUT2D eigenvalue weighted by atomic mass is 10.3. The summed E-state index contributed by atoms with van der Waals surface area (Å²) in [6, 6.07) is 5.33. The lowest BCUT2D eigenvalue weighted by Crippen LogP contribution is -2.01. The van der Waals surface area contributed by atoms with Crippen molar-refractivity contribution >= 4 is 5.78 Å². The lowest BCUT2D eigenvalue weighted by Gasteiger charge is -2.01. The van der Waals surface area contributed by atoms with E-state index in [-0.39, 0.29) is 5.78 Å². The number of carbonyl (C=O) groups excluding carboxylic acids is 1. The molecule has 0 atom stereocenters. The Kier molecular flexibility index (Phi) is 2.10. The van der Waals surface area contributed by atoms with Crippen LogP contribution in [-0.2, 0) is 0 Å². The Hall–Kier alpha value is -1.97. The van der Waals surface area contributed by atoms with Crippen LogP contribution in [-0.4, -0.2) is 20.3 Å². The number of imidazole rings is 1. The summed E-state index contributed by atoms with van der Waals surface area (Å²) in [6.45, 7) is 1.50. The van der Waals surface area contributed by atoms with Gasteiger partial charge in [-0.2, -0.15) is 0 Å². The number of pyridine rings is 1. The number of carbonyl (C=O) groups is 1. The van der Waals surface area contributed by atoms with Gasteiger partial charge >= 0.3 is 0 Å². The van der Waals surface area contributed by atoms with Gasteiger partial charge in [0.2, 0.25) is 0 Å². The molecule has 14 heavy (non-hydrogen) atoms. The quantitative estimate of drug-likeness (QED) is 0.669. The third kappa shape index (κ3) is 1.54. The Labute approximate surface area is 81.2 Å². The minimum Gasteiger partial charge on any atom is -0.293 e. The van der Waals surface area contributed by atoms with E-state index < -0.39 is 0 Å². The van der Waals surface area contributed by atoms with E-state index in [9.17, 15) is 4.79 Å². The predicted octanol–water partition coefficient (Wildman–Crippen LogP) is 1.47. The average Bonchev–Trinajstić information content (AvgIpc) is 2.71. The summed E-state index contributed by atoms with van der Waals surface area (Å²) in [5, 5.41) is 0. The van der Waals surface area contributed by atoms with Crippen molar-refractivity contribution in [3.63, 3.8) is 0 Å². The molecule has 2 heterocycles. The van der Waals surface area contributed by atoms with E-state index in [4.69, 9.17) is 0 Å². The molecule has 2 aromatic heterocycles. The summed E-state index contributed by atoms with van der Waals surface area (Å²) < 4.78 is 1.76. The molecule has 0 radical (unpaired) electrons. The Morgan fingerprint density at radius 2 is 2.29 bits per heavy atom.